The van der Waals surface area contributed by atoms with E-state index in [1.165, 1.54) is 0 Å². The molecule has 0 aromatic heterocycles. The van der Waals surface area contributed by atoms with E-state index in [4.69, 9.17) is 14.7 Å². The smallest absolute Gasteiger partial charge is 0.231 e. The zero-order chi connectivity index (χ0) is 10.1. The van der Waals surface area contributed by atoms with Crippen molar-refractivity contribution < 1.29 is 14.7 Å². The minimum Gasteiger partial charge on any atom is -0.454 e. The van der Waals surface area contributed by atoms with E-state index in [1.807, 2.05) is 13.0 Å². The average molecular weight is 260 g/mol. The number of ether oxygens (including phenoxy) is 2. The molecule has 0 aliphatic carbocycles. The van der Waals surface area contributed by atoms with Crippen molar-refractivity contribution >= 4 is 15.9 Å². The monoisotopic (exact) mass is 259 g/mol. The Hall–Kier alpha value is -0.780. The minimum absolute atomic E-state index is 0.263. The minimum atomic E-state index is 0.263. The largest absolute Gasteiger partial charge is 0.454 e. The highest BCUT2D eigenvalue weighted by Gasteiger charge is 2.20. The number of hydrogen-bond donors (Lipinski definition) is 2. The SMILES string of the molecule is Cc1c(Br)c(CNO)cc2c1OCO2. The summed E-state index contributed by atoms with van der Waals surface area (Å²) in [5.41, 5.74) is 4.05. The van der Waals surface area contributed by atoms with Crippen molar-refractivity contribution in [1.29, 1.82) is 0 Å². The normalized spacial score (nSPS) is 13.4. The number of rotatable bonds is 2. The molecule has 0 saturated carbocycles. The summed E-state index contributed by atoms with van der Waals surface area (Å²) in [4.78, 5) is 0. The van der Waals surface area contributed by atoms with Gasteiger partial charge in [0, 0.05) is 16.6 Å². The lowest BCUT2D eigenvalue weighted by Crippen LogP contribution is -2.07. The molecule has 2 rings (SSSR count). The molecule has 0 radical (unpaired) electrons. The molecule has 1 aromatic rings. The Balaban J connectivity index is 2.49. The summed E-state index contributed by atoms with van der Waals surface area (Å²) < 4.78 is 11.5. The summed E-state index contributed by atoms with van der Waals surface area (Å²) in [6.45, 7) is 2.58. The Kier molecular flexibility index (Phi) is 2.62. The number of fused-ring (bicyclic) bond motifs is 1. The van der Waals surface area contributed by atoms with Crippen LogP contribution in [-0.4, -0.2) is 12.0 Å². The average Bonchev–Trinajstić information content (AvgIpc) is 2.62. The van der Waals surface area contributed by atoms with E-state index >= 15 is 0 Å². The third-order valence-corrected chi connectivity index (χ3v) is 3.27. The maximum absolute atomic E-state index is 8.64. The predicted molar refractivity (Wildman–Crippen MR) is 53.6 cm³/mol. The third-order valence-electron chi connectivity index (χ3n) is 2.17. The number of benzene rings is 1. The molecule has 0 bridgehead atoms. The lowest BCUT2D eigenvalue weighted by Gasteiger charge is -2.09. The van der Waals surface area contributed by atoms with E-state index in [2.05, 4.69) is 21.4 Å². The maximum atomic E-state index is 8.64. The molecule has 0 saturated heterocycles. The van der Waals surface area contributed by atoms with Gasteiger partial charge >= 0.3 is 0 Å². The van der Waals surface area contributed by atoms with Crippen molar-refractivity contribution in [3.05, 3.63) is 21.7 Å². The van der Waals surface area contributed by atoms with Gasteiger partial charge in [0.1, 0.15) is 0 Å². The van der Waals surface area contributed by atoms with Gasteiger partial charge in [0.25, 0.3) is 0 Å². The van der Waals surface area contributed by atoms with Crippen LogP contribution in [0.3, 0.4) is 0 Å². The van der Waals surface area contributed by atoms with E-state index in [-0.39, 0.29) is 6.79 Å². The van der Waals surface area contributed by atoms with Gasteiger partial charge in [-0.15, -0.1) is 0 Å². The van der Waals surface area contributed by atoms with Crippen LogP contribution in [0.25, 0.3) is 0 Å². The lowest BCUT2D eigenvalue weighted by molar-refractivity contribution is 0.161. The summed E-state index contributed by atoms with van der Waals surface area (Å²) in [6, 6.07) is 1.85. The first-order valence-corrected chi connectivity index (χ1v) is 4.98. The fraction of sp³-hybridized carbons (Fsp3) is 0.333. The van der Waals surface area contributed by atoms with Crippen LogP contribution in [-0.2, 0) is 6.54 Å². The molecule has 4 nitrogen and oxygen atoms in total. The second kappa shape index (κ2) is 3.76. The predicted octanol–water partition coefficient (Wildman–Crippen LogP) is 1.97. The number of nitrogens with one attached hydrogen (secondary N) is 1. The zero-order valence-electron chi connectivity index (χ0n) is 7.63. The molecule has 2 N–H and O–H groups in total. The molecule has 0 fully saturated rings. The molecule has 0 amide bonds. The lowest BCUT2D eigenvalue weighted by atomic mass is 10.1. The number of hydroxylamine groups is 1. The summed E-state index contributed by atoms with van der Waals surface area (Å²) in [5, 5.41) is 8.64. The van der Waals surface area contributed by atoms with E-state index < -0.39 is 0 Å². The fourth-order valence-corrected chi connectivity index (χ4v) is 1.90. The summed E-state index contributed by atoms with van der Waals surface area (Å²) in [6.07, 6.45) is 0. The van der Waals surface area contributed by atoms with E-state index in [9.17, 15) is 0 Å². The molecular weight excluding hydrogens is 250 g/mol. The van der Waals surface area contributed by atoms with Gasteiger partial charge in [-0.1, -0.05) is 15.9 Å². The third kappa shape index (κ3) is 1.47. The summed E-state index contributed by atoms with van der Waals surface area (Å²) in [5.74, 6) is 1.51. The van der Waals surface area contributed by atoms with Gasteiger partial charge in [0.05, 0.1) is 0 Å². The maximum Gasteiger partial charge on any atom is 0.231 e. The Morgan fingerprint density at radius 3 is 3.07 bits per heavy atom. The molecule has 0 unspecified atom stereocenters. The van der Waals surface area contributed by atoms with Crippen molar-refractivity contribution in [2.75, 3.05) is 6.79 Å². The molecule has 0 atom stereocenters. The first kappa shape index (κ1) is 9.76. The Labute approximate surface area is 89.9 Å². The van der Waals surface area contributed by atoms with Crippen LogP contribution >= 0.6 is 15.9 Å². The van der Waals surface area contributed by atoms with Crippen LogP contribution in [0.1, 0.15) is 11.1 Å². The van der Waals surface area contributed by atoms with Gasteiger partial charge in [-0.2, -0.15) is 0 Å². The number of halogens is 1. The highest BCUT2D eigenvalue weighted by molar-refractivity contribution is 9.10. The molecule has 1 aliphatic rings. The zero-order valence-corrected chi connectivity index (χ0v) is 9.22. The van der Waals surface area contributed by atoms with Gasteiger partial charge in [-0.05, 0) is 18.6 Å². The van der Waals surface area contributed by atoms with Crippen LogP contribution in [0.2, 0.25) is 0 Å². The molecule has 1 aromatic carbocycles. The van der Waals surface area contributed by atoms with Gasteiger partial charge in [-0.3, -0.25) is 0 Å². The summed E-state index contributed by atoms with van der Waals surface area (Å²) >= 11 is 3.45. The van der Waals surface area contributed by atoms with Crippen LogP contribution in [0, 0.1) is 6.92 Å². The van der Waals surface area contributed by atoms with Crippen LogP contribution in [0.4, 0.5) is 0 Å². The molecule has 0 spiro atoms. The molecule has 14 heavy (non-hydrogen) atoms. The fourth-order valence-electron chi connectivity index (χ4n) is 1.46. The Bertz CT molecular complexity index is 368. The molecule has 76 valence electrons. The summed E-state index contributed by atoms with van der Waals surface area (Å²) in [7, 11) is 0. The van der Waals surface area contributed by atoms with Crippen LogP contribution in [0.5, 0.6) is 11.5 Å². The highest BCUT2D eigenvalue weighted by Crippen LogP contribution is 2.41. The standard InChI is InChI=1S/C9H10BrNO3/c1-5-8(10)6(3-11-12)2-7-9(5)14-4-13-7/h2,11-12H,3-4H2,1H3. The van der Waals surface area contributed by atoms with Gasteiger partial charge < -0.3 is 14.7 Å². The highest BCUT2D eigenvalue weighted by atomic mass is 79.9. The molecule has 1 aliphatic heterocycles. The topological polar surface area (TPSA) is 50.7 Å². The van der Waals surface area contributed by atoms with E-state index in [0.717, 1.165) is 27.1 Å². The number of hydrogen-bond acceptors (Lipinski definition) is 4. The molecule has 5 heteroatoms. The second-order valence-electron chi connectivity index (χ2n) is 3.04. The van der Waals surface area contributed by atoms with Crippen molar-refractivity contribution in [2.24, 2.45) is 0 Å². The van der Waals surface area contributed by atoms with Gasteiger partial charge in [-0.25, -0.2) is 5.48 Å². The Morgan fingerprint density at radius 2 is 2.36 bits per heavy atom. The molecular formula is C9H10BrNO3. The molecule has 1 heterocycles. The van der Waals surface area contributed by atoms with Crippen LogP contribution < -0.4 is 15.0 Å². The Morgan fingerprint density at radius 1 is 1.57 bits per heavy atom. The quantitative estimate of drug-likeness (QED) is 0.798. The van der Waals surface area contributed by atoms with E-state index in [0.29, 0.717) is 6.54 Å². The first-order valence-electron chi connectivity index (χ1n) is 4.18. The first-order chi connectivity index (χ1) is 6.74. The van der Waals surface area contributed by atoms with Crippen molar-refractivity contribution in [3.63, 3.8) is 0 Å². The van der Waals surface area contributed by atoms with Crippen molar-refractivity contribution in [3.8, 4) is 11.5 Å². The van der Waals surface area contributed by atoms with Gasteiger partial charge in [0.15, 0.2) is 11.5 Å². The van der Waals surface area contributed by atoms with Crippen molar-refractivity contribution in [1.82, 2.24) is 5.48 Å². The van der Waals surface area contributed by atoms with Gasteiger partial charge in [0.2, 0.25) is 6.79 Å². The second-order valence-corrected chi connectivity index (χ2v) is 3.84. The van der Waals surface area contributed by atoms with E-state index in [1.54, 1.807) is 0 Å². The van der Waals surface area contributed by atoms with Crippen molar-refractivity contribution in [2.45, 2.75) is 13.5 Å². The van der Waals surface area contributed by atoms with Crippen LogP contribution in [0.15, 0.2) is 10.5 Å².